The molecular weight excluding hydrogens is 268 g/mol. The zero-order chi connectivity index (χ0) is 13.7. The Balaban J connectivity index is 1.48. The maximum Gasteiger partial charge on any atom is 0.224 e. The van der Waals surface area contributed by atoms with Gasteiger partial charge in [-0.25, -0.2) is 4.98 Å². The molecule has 1 aromatic rings. The molecule has 3 aliphatic rings. The second kappa shape index (κ2) is 4.69. The molecule has 0 radical (unpaired) electrons. The Kier molecular flexibility index (Phi) is 2.95. The normalized spacial score (nSPS) is 32.5. The number of carbonyl (C=O) groups excluding carboxylic acids is 1. The van der Waals surface area contributed by atoms with E-state index < -0.39 is 0 Å². The van der Waals surface area contributed by atoms with Gasteiger partial charge in [0.05, 0.1) is 6.04 Å². The molecule has 106 valence electrons. The van der Waals surface area contributed by atoms with Gasteiger partial charge < -0.3 is 5.32 Å². The number of aromatic nitrogens is 1. The molecule has 0 aromatic carbocycles. The first-order valence-corrected chi connectivity index (χ1v) is 8.49. The van der Waals surface area contributed by atoms with Gasteiger partial charge in [-0.15, -0.1) is 11.3 Å². The van der Waals surface area contributed by atoms with Gasteiger partial charge in [0.2, 0.25) is 5.91 Å². The molecule has 2 bridgehead atoms. The van der Waals surface area contributed by atoms with E-state index in [1.807, 2.05) is 6.92 Å². The standard InChI is InChI=1S/C16H20N2OS/c1-9-8-20-16(17-9)14(11-4-5-11)18-15(19)13-7-10-2-3-12(13)6-10/h2-3,8,10-14H,4-7H2,1H3,(H,18,19)/t10-,12-,13-,14-/m1/s1. The maximum atomic E-state index is 12.6. The highest BCUT2D eigenvalue weighted by Gasteiger charge is 2.42. The summed E-state index contributed by atoms with van der Waals surface area (Å²) in [6.07, 6.45) is 9.21. The number of hydrogen-bond acceptors (Lipinski definition) is 3. The topological polar surface area (TPSA) is 42.0 Å². The van der Waals surface area contributed by atoms with E-state index in [1.54, 1.807) is 11.3 Å². The molecule has 1 amide bonds. The van der Waals surface area contributed by atoms with Crippen LogP contribution in [0.25, 0.3) is 0 Å². The van der Waals surface area contributed by atoms with Crippen molar-refractivity contribution in [2.75, 3.05) is 0 Å². The summed E-state index contributed by atoms with van der Waals surface area (Å²) < 4.78 is 0. The van der Waals surface area contributed by atoms with Crippen LogP contribution in [0, 0.1) is 30.6 Å². The third-order valence-electron chi connectivity index (χ3n) is 4.91. The fourth-order valence-electron chi connectivity index (χ4n) is 3.67. The number of nitrogens with zero attached hydrogens (tertiary/aromatic N) is 1. The van der Waals surface area contributed by atoms with Gasteiger partial charge in [-0.05, 0) is 50.4 Å². The van der Waals surface area contributed by atoms with Crippen LogP contribution in [0.2, 0.25) is 0 Å². The SMILES string of the molecule is Cc1csc([C@H](NC(=O)[C@@H]2C[C@@H]3C=C[C@@H]2C3)C2CC2)n1. The summed E-state index contributed by atoms with van der Waals surface area (Å²) in [5, 5.41) is 6.49. The van der Waals surface area contributed by atoms with Gasteiger partial charge in [-0.3, -0.25) is 4.79 Å². The van der Waals surface area contributed by atoms with Crippen LogP contribution in [0.15, 0.2) is 17.5 Å². The predicted molar refractivity (Wildman–Crippen MR) is 79.3 cm³/mol. The minimum Gasteiger partial charge on any atom is -0.346 e. The lowest BCUT2D eigenvalue weighted by molar-refractivity contribution is -0.126. The Morgan fingerprint density at radius 2 is 2.25 bits per heavy atom. The summed E-state index contributed by atoms with van der Waals surface area (Å²) in [6.45, 7) is 2.02. The summed E-state index contributed by atoms with van der Waals surface area (Å²) in [7, 11) is 0. The quantitative estimate of drug-likeness (QED) is 0.864. The highest BCUT2D eigenvalue weighted by Crippen LogP contribution is 2.45. The van der Waals surface area contributed by atoms with Crippen LogP contribution in [0.1, 0.15) is 42.4 Å². The van der Waals surface area contributed by atoms with Crippen LogP contribution in [0.5, 0.6) is 0 Å². The molecule has 1 aromatic heterocycles. The van der Waals surface area contributed by atoms with Crippen molar-refractivity contribution in [3.8, 4) is 0 Å². The molecule has 3 nitrogen and oxygen atoms in total. The van der Waals surface area contributed by atoms with Gasteiger partial charge in [0.25, 0.3) is 0 Å². The van der Waals surface area contributed by atoms with E-state index in [4.69, 9.17) is 0 Å². The van der Waals surface area contributed by atoms with Crippen LogP contribution in [0.3, 0.4) is 0 Å². The van der Waals surface area contributed by atoms with E-state index in [0.717, 1.165) is 17.1 Å². The number of rotatable bonds is 4. The van der Waals surface area contributed by atoms with Crippen molar-refractivity contribution in [2.45, 2.75) is 38.6 Å². The first kappa shape index (κ1) is 12.6. The average molecular weight is 288 g/mol. The molecule has 3 aliphatic carbocycles. The second-order valence-electron chi connectivity index (χ2n) is 6.54. The molecule has 4 atom stereocenters. The minimum absolute atomic E-state index is 0.157. The Morgan fingerprint density at radius 1 is 1.40 bits per heavy atom. The number of fused-ring (bicyclic) bond motifs is 2. The number of thiazole rings is 1. The van der Waals surface area contributed by atoms with Crippen molar-refractivity contribution >= 4 is 17.2 Å². The van der Waals surface area contributed by atoms with Crippen LogP contribution in [-0.2, 0) is 4.79 Å². The molecule has 4 heteroatoms. The summed E-state index contributed by atoms with van der Waals surface area (Å²) >= 11 is 1.69. The average Bonchev–Trinajstić information content (AvgIpc) is 2.86. The molecule has 2 saturated carbocycles. The third kappa shape index (κ3) is 2.20. The lowest BCUT2D eigenvalue weighted by atomic mass is 9.92. The Morgan fingerprint density at radius 3 is 2.80 bits per heavy atom. The maximum absolute atomic E-state index is 12.6. The molecule has 1 N–H and O–H groups in total. The summed E-state index contributed by atoms with van der Waals surface area (Å²) in [5.74, 6) is 2.20. The lowest BCUT2D eigenvalue weighted by Gasteiger charge is -2.22. The van der Waals surface area contributed by atoms with Gasteiger partial charge in [0.1, 0.15) is 5.01 Å². The van der Waals surface area contributed by atoms with Crippen molar-refractivity contribution in [3.05, 3.63) is 28.2 Å². The molecule has 1 heterocycles. The van der Waals surface area contributed by atoms with Crippen molar-refractivity contribution in [1.82, 2.24) is 10.3 Å². The predicted octanol–water partition coefficient (Wildman–Crippen LogP) is 3.23. The minimum atomic E-state index is 0.157. The molecule has 0 spiro atoms. The highest BCUT2D eigenvalue weighted by atomic mass is 32.1. The van der Waals surface area contributed by atoms with E-state index in [-0.39, 0.29) is 17.9 Å². The van der Waals surface area contributed by atoms with E-state index in [0.29, 0.717) is 17.8 Å². The number of nitrogens with one attached hydrogen (secondary N) is 1. The van der Waals surface area contributed by atoms with Gasteiger partial charge in [0, 0.05) is 17.0 Å². The Labute approximate surface area is 123 Å². The van der Waals surface area contributed by atoms with Gasteiger partial charge >= 0.3 is 0 Å². The fourth-order valence-corrected chi connectivity index (χ4v) is 4.61. The smallest absolute Gasteiger partial charge is 0.224 e. The van der Waals surface area contributed by atoms with Crippen LogP contribution in [0.4, 0.5) is 0 Å². The number of carbonyl (C=O) groups is 1. The van der Waals surface area contributed by atoms with Crippen molar-refractivity contribution in [1.29, 1.82) is 0 Å². The van der Waals surface area contributed by atoms with Crippen molar-refractivity contribution in [2.24, 2.45) is 23.7 Å². The first-order valence-electron chi connectivity index (χ1n) is 7.61. The van der Waals surface area contributed by atoms with E-state index in [1.165, 1.54) is 19.3 Å². The summed E-state index contributed by atoms with van der Waals surface area (Å²) in [4.78, 5) is 17.2. The third-order valence-corrected chi connectivity index (χ3v) is 5.96. The fraction of sp³-hybridized carbons (Fsp3) is 0.625. The molecule has 20 heavy (non-hydrogen) atoms. The number of amides is 1. The molecule has 0 aliphatic heterocycles. The molecular formula is C16H20N2OS. The van der Waals surface area contributed by atoms with Crippen molar-refractivity contribution in [3.63, 3.8) is 0 Å². The molecule has 4 rings (SSSR count). The molecule has 2 fully saturated rings. The van der Waals surface area contributed by atoms with Gasteiger partial charge in [-0.2, -0.15) is 0 Å². The highest BCUT2D eigenvalue weighted by molar-refractivity contribution is 7.09. The summed E-state index contributed by atoms with van der Waals surface area (Å²) in [6, 6.07) is 0.157. The first-order chi connectivity index (χ1) is 9.70. The molecule has 0 saturated heterocycles. The lowest BCUT2D eigenvalue weighted by Crippen LogP contribution is -2.36. The van der Waals surface area contributed by atoms with Gasteiger partial charge in [-0.1, -0.05) is 12.2 Å². The largest absolute Gasteiger partial charge is 0.346 e. The molecule has 0 unspecified atom stereocenters. The Hall–Kier alpha value is -1.16. The van der Waals surface area contributed by atoms with E-state index in [9.17, 15) is 4.79 Å². The van der Waals surface area contributed by atoms with Crippen LogP contribution in [-0.4, -0.2) is 10.9 Å². The second-order valence-corrected chi connectivity index (χ2v) is 7.43. The van der Waals surface area contributed by atoms with E-state index in [2.05, 4.69) is 27.8 Å². The van der Waals surface area contributed by atoms with Gasteiger partial charge in [0.15, 0.2) is 0 Å². The zero-order valence-corrected chi connectivity index (χ0v) is 12.5. The monoisotopic (exact) mass is 288 g/mol. The zero-order valence-electron chi connectivity index (χ0n) is 11.7. The van der Waals surface area contributed by atoms with Crippen LogP contribution >= 0.6 is 11.3 Å². The van der Waals surface area contributed by atoms with E-state index >= 15 is 0 Å². The number of aryl methyl sites for hydroxylation is 1. The number of hydrogen-bond donors (Lipinski definition) is 1. The van der Waals surface area contributed by atoms with Crippen molar-refractivity contribution < 1.29 is 4.79 Å². The number of allylic oxidation sites excluding steroid dienone is 2. The summed E-state index contributed by atoms with van der Waals surface area (Å²) in [5.41, 5.74) is 1.06. The van der Waals surface area contributed by atoms with Crippen LogP contribution < -0.4 is 5.32 Å². The Bertz CT molecular complexity index is 561.